The summed E-state index contributed by atoms with van der Waals surface area (Å²) >= 11 is 0. The molecule has 45 heavy (non-hydrogen) atoms. The number of ether oxygens (including phenoxy) is 1. The molecule has 0 heterocycles. The van der Waals surface area contributed by atoms with Gasteiger partial charge in [-0.25, -0.2) is 0 Å². The van der Waals surface area contributed by atoms with Crippen LogP contribution < -0.4 is 0 Å². The van der Waals surface area contributed by atoms with Gasteiger partial charge in [0.25, 0.3) is 0 Å². The number of carbonyl (C=O) groups excluding carboxylic acids is 3. The zero-order valence-corrected chi connectivity index (χ0v) is 29.7. The van der Waals surface area contributed by atoms with Gasteiger partial charge >= 0.3 is 8.80 Å². The summed E-state index contributed by atoms with van der Waals surface area (Å²) in [6.45, 7) is 12.1. The van der Waals surface area contributed by atoms with Crippen molar-refractivity contribution in [2.45, 2.75) is 137 Å². The maximum atomic E-state index is 11.8. The minimum atomic E-state index is -3.59. The highest BCUT2D eigenvalue weighted by molar-refractivity contribution is 6.61. The van der Waals surface area contributed by atoms with Gasteiger partial charge < -0.3 is 18.0 Å². The van der Waals surface area contributed by atoms with E-state index in [-0.39, 0.29) is 23.5 Å². The fourth-order valence-corrected chi connectivity index (χ4v) is 8.55. The predicted molar refractivity (Wildman–Crippen MR) is 182 cm³/mol. The molecule has 0 N–H and O–H groups in total. The number of hydrogen-bond acceptors (Lipinski definition) is 7. The highest BCUT2D eigenvalue weighted by Crippen LogP contribution is 2.35. The van der Waals surface area contributed by atoms with Crippen molar-refractivity contribution in [1.29, 1.82) is 0 Å². The molecule has 0 unspecified atom stereocenters. The Kier molecular flexibility index (Phi) is 17.2. The van der Waals surface area contributed by atoms with Crippen molar-refractivity contribution in [2.75, 3.05) is 6.61 Å². The van der Waals surface area contributed by atoms with Gasteiger partial charge in [0.2, 0.25) is 0 Å². The Hall–Kier alpha value is -2.97. The lowest BCUT2D eigenvalue weighted by molar-refractivity contribution is -0.113. The van der Waals surface area contributed by atoms with E-state index >= 15 is 0 Å². The summed E-state index contributed by atoms with van der Waals surface area (Å²) in [6, 6.07) is 9.64. The van der Waals surface area contributed by atoms with Crippen LogP contribution in [0.3, 0.4) is 0 Å². The van der Waals surface area contributed by atoms with E-state index in [0.29, 0.717) is 42.3 Å². The lowest BCUT2D eigenvalue weighted by Crippen LogP contribution is -2.45. The summed E-state index contributed by atoms with van der Waals surface area (Å²) in [4.78, 5) is 35.3. The third kappa shape index (κ3) is 15.7. The first-order valence-electron chi connectivity index (χ1n) is 16.8. The van der Waals surface area contributed by atoms with Crippen LogP contribution >= 0.6 is 0 Å². The van der Waals surface area contributed by atoms with Gasteiger partial charge in [0.1, 0.15) is 0 Å². The number of carbonyl (C=O) groups is 3. The van der Waals surface area contributed by atoms with Gasteiger partial charge in [-0.3, -0.25) is 14.4 Å². The van der Waals surface area contributed by atoms with Gasteiger partial charge in [0, 0.05) is 24.8 Å². The van der Waals surface area contributed by atoms with Gasteiger partial charge in [0.15, 0.2) is 17.3 Å². The Labute approximate surface area is 272 Å². The number of allylic oxidation sites excluding steroid dienone is 6. The van der Waals surface area contributed by atoms with Crippen LogP contribution in [0.1, 0.15) is 130 Å². The quantitative estimate of drug-likeness (QED) is 0.0573. The molecule has 0 bridgehead atoms. The van der Waals surface area contributed by atoms with Crippen molar-refractivity contribution >= 4 is 26.2 Å². The molecule has 2 rings (SSSR count). The number of ketones is 3. The Bertz CT molecular complexity index is 1090. The highest BCUT2D eigenvalue weighted by atomic mass is 28.4. The van der Waals surface area contributed by atoms with Gasteiger partial charge in [0.05, 0.1) is 29.4 Å². The average Bonchev–Trinajstić information content (AvgIpc) is 2.94. The lowest BCUT2D eigenvalue weighted by Gasteiger charge is -2.32. The highest BCUT2D eigenvalue weighted by Gasteiger charge is 2.49. The van der Waals surface area contributed by atoms with Gasteiger partial charge in [-0.05, 0) is 104 Å². The smallest absolute Gasteiger partial charge is 0.487 e. The zero-order valence-electron chi connectivity index (χ0n) is 28.7. The molecule has 250 valence electrons. The standard InChI is InChI=1S/C37H56O7Si/c1-8-9-10-11-12-14-34-15-17-35(18-16-34)36-19-21-37(22-20-36)41-23-13-24-45(42-31(5)25-28(2)38,43-32(6)26-29(3)39)44-33(7)27-30(4)40/h15-18,25-27,36-37H,8-14,19-24H2,1-7H3. The SMILES string of the molecule is CCCCCCCc1ccc(C2CCC(OCCC[Si](OC(C)=CC(C)=O)(OC(C)=CC(C)=O)OC(C)=CC(C)=O)CC2)cc1. The molecule has 0 amide bonds. The fourth-order valence-electron chi connectivity index (χ4n) is 5.89. The molecule has 1 fully saturated rings. The molecule has 1 aliphatic carbocycles. The molecule has 7 nitrogen and oxygen atoms in total. The molecule has 8 heteroatoms. The van der Waals surface area contributed by atoms with Crippen LogP contribution in [0.2, 0.25) is 6.04 Å². The van der Waals surface area contributed by atoms with Gasteiger partial charge in [-0.1, -0.05) is 56.9 Å². The minimum absolute atomic E-state index is 0.171. The summed E-state index contributed by atoms with van der Waals surface area (Å²) in [5.74, 6) is 1.10. The van der Waals surface area contributed by atoms with Crippen molar-refractivity contribution in [3.63, 3.8) is 0 Å². The zero-order chi connectivity index (χ0) is 33.2. The first-order valence-corrected chi connectivity index (χ1v) is 18.7. The summed E-state index contributed by atoms with van der Waals surface area (Å²) < 4.78 is 25.0. The van der Waals surface area contributed by atoms with Gasteiger partial charge in [-0.2, -0.15) is 0 Å². The summed E-state index contributed by atoms with van der Waals surface area (Å²) in [5, 5.41) is 0. The topological polar surface area (TPSA) is 88.1 Å². The number of aryl methyl sites for hydroxylation is 1. The molecule has 0 saturated heterocycles. The molecule has 1 aliphatic rings. The van der Waals surface area contributed by atoms with E-state index in [2.05, 4.69) is 31.2 Å². The first kappa shape index (κ1) is 38.2. The monoisotopic (exact) mass is 640 g/mol. The summed E-state index contributed by atoms with van der Waals surface area (Å²) in [6.07, 6.45) is 16.9. The van der Waals surface area contributed by atoms with Crippen LogP contribution in [0.4, 0.5) is 0 Å². The molecule has 1 aromatic carbocycles. The second-order valence-corrected chi connectivity index (χ2v) is 14.9. The van der Waals surface area contributed by atoms with Crippen molar-refractivity contribution < 1.29 is 32.4 Å². The first-order chi connectivity index (χ1) is 21.4. The molecular weight excluding hydrogens is 584 g/mol. The van der Waals surface area contributed by atoms with Crippen LogP contribution in [0, 0.1) is 0 Å². The van der Waals surface area contributed by atoms with Crippen LogP contribution in [0.25, 0.3) is 0 Å². The van der Waals surface area contributed by atoms with Gasteiger partial charge in [-0.15, -0.1) is 0 Å². The van der Waals surface area contributed by atoms with Crippen LogP contribution in [0.5, 0.6) is 0 Å². The van der Waals surface area contributed by atoms with E-state index in [4.69, 9.17) is 18.0 Å². The number of rotatable bonds is 21. The third-order valence-electron chi connectivity index (χ3n) is 7.84. The van der Waals surface area contributed by atoms with Crippen molar-refractivity contribution in [3.8, 4) is 0 Å². The molecule has 0 aromatic heterocycles. The van der Waals surface area contributed by atoms with E-state index in [1.165, 1.54) is 88.7 Å². The Morgan fingerprint density at radius 2 is 1.18 bits per heavy atom. The number of benzene rings is 1. The summed E-state index contributed by atoms with van der Waals surface area (Å²) in [5.41, 5.74) is 2.87. The molecule has 1 saturated carbocycles. The predicted octanol–water partition coefficient (Wildman–Crippen LogP) is 9.10. The average molecular weight is 641 g/mol. The van der Waals surface area contributed by atoms with E-state index in [1.807, 2.05) is 0 Å². The summed E-state index contributed by atoms with van der Waals surface area (Å²) in [7, 11) is -3.59. The second kappa shape index (κ2) is 20.2. The Balaban J connectivity index is 1.98. The molecule has 0 spiro atoms. The molecule has 0 aliphatic heterocycles. The normalized spacial score (nSPS) is 19.0. The number of unbranched alkanes of at least 4 members (excludes halogenated alkanes) is 4. The maximum absolute atomic E-state index is 11.8. The maximum Gasteiger partial charge on any atom is 0.698 e. The van der Waals surface area contributed by atoms with Crippen molar-refractivity contribution in [1.82, 2.24) is 0 Å². The van der Waals surface area contributed by atoms with Crippen molar-refractivity contribution in [3.05, 3.63) is 70.9 Å². The molecule has 0 radical (unpaired) electrons. The minimum Gasteiger partial charge on any atom is -0.487 e. The molecule has 1 aromatic rings. The van der Waals surface area contributed by atoms with Crippen molar-refractivity contribution in [2.24, 2.45) is 0 Å². The number of hydrogen-bond donors (Lipinski definition) is 0. The van der Waals surface area contributed by atoms with E-state index < -0.39 is 8.80 Å². The second-order valence-electron chi connectivity index (χ2n) is 12.4. The largest absolute Gasteiger partial charge is 0.698 e. The lowest BCUT2D eigenvalue weighted by atomic mass is 9.82. The third-order valence-corrected chi connectivity index (χ3v) is 10.7. The van der Waals surface area contributed by atoms with Crippen LogP contribution in [-0.4, -0.2) is 38.9 Å². The Morgan fingerprint density at radius 1 is 0.689 bits per heavy atom. The van der Waals surface area contributed by atoms with Crippen LogP contribution in [0.15, 0.2) is 59.8 Å². The van der Waals surface area contributed by atoms with E-state index in [9.17, 15) is 14.4 Å². The van der Waals surface area contributed by atoms with E-state index in [1.54, 1.807) is 20.8 Å². The fraction of sp³-hybridized carbons (Fsp3) is 0.595. The van der Waals surface area contributed by atoms with E-state index in [0.717, 1.165) is 25.7 Å². The Morgan fingerprint density at radius 3 is 1.64 bits per heavy atom. The molecule has 0 atom stereocenters. The molecular formula is C37H56O7Si. The van der Waals surface area contributed by atoms with Crippen LogP contribution in [-0.2, 0) is 38.8 Å².